The summed E-state index contributed by atoms with van der Waals surface area (Å²) in [5.41, 5.74) is 3.06. The molecule has 0 bridgehead atoms. The Balaban J connectivity index is 1.34. The van der Waals surface area contributed by atoms with Crippen molar-refractivity contribution in [3.05, 3.63) is 84.3 Å². The highest BCUT2D eigenvalue weighted by Gasteiger charge is 2.30. The fraction of sp³-hybridized carbons (Fsp3) is 0.410. The van der Waals surface area contributed by atoms with Gasteiger partial charge in [-0.15, -0.1) is 0 Å². The second kappa shape index (κ2) is 15.4. The van der Waals surface area contributed by atoms with E-state index in [0.717, 1.165) is 59.8 Å². The summed E-state index contributed by atoms with van der Waals surface area (Å²) >= 11 is 0. The number of nitrogens with one attached hydrogen (secondary N) is 2. The van der Waals surface area contributed by atoms with Crippen LogP contribution in [-0.4, -0.2) is 96.0 Å². The fourth-order valence-electron chi connectivity index (χ4n) is 6.87. The van der Waals surface area contributed by atoms with Crippen LogP contribution in [0.5, 0.6) is 0 Å². The van der Waals surface area contributed by atoms with Crippen molar-refractivity contribution in [2.75, 3.05) is 66.3 Å². The van der Waals surface area contributed by atoms with E-state index in [-0.39, 0.29) is 29.9 Å². The van der Waals surface area contributed by atoms with Crippen molar-refractivity contribution in [1.82, 2.24) is 20.2 Å². The number of piperidine rings is 1. The molecule has 13 nitrogen and oxygen atoms in total. The summed E-state index contributed by atoms with van der Waals surface area (Å²) in [5.74, 6) is -0.334. The topological polar surface area (TPSA) is 143 Å². The molecular formula is C39H48N8O5. The highest BCUT2D eigenvalue weighted by Crippen LogP contribution is 2.33. The van der Waals surface area contributed by atoms with Crippen LogP contribution in [0.4, 0.5) is 32.3 Å². The first-order valence-electron chi connectivity index (χ1n) is 17.8. The number of benzene rings is 2. The number of carbonyl (C=O) groups is 3. The van der Waals surface area contributed by atoms with Gasteiger partial charge in [0.15, 0.2) is 5.69 Å². The maximum absolute atomic E-state index is 14.4. The number of piperazine rings is 1. The summed E-state index contributed by atoms with van der Waals surface area (Å²) in [6.45, 7) is 12.4. The number of anilines is 4. The first-order valence-corrected chi connectivity index (χ1v) is 17.8. The second-order valence-corrected chi connectivity index (χ2v) is 14.8. The minimum Gasteiger partial charge on any atom is -0.465 e. The molecule has 0 saturated carbocycles. The Hall–Kier alpha value is -5.43. The van der Waals surface area contributed by atoms with Crippen molar-refractivity contribution in [2.45, 2.75) is 52.3 Å². The predicted molar refractivity (Wildman–Crippen MR) is 203 cm³/mol. The third-order valence-corrected chi connectivity index (χ3v) is 9.34. The lowest BCUT2D eigenvalue weighted by atomic mass is 9.95. The molecule has 3 amide bonds. The second-order valence-electron chi connectivity index (χ2n) is 14.8. The summed E-state index contributed by atoms with van der Waals surface area (Å²) in [5, 5.41) is 17.2. The van der Waals surface area contributed by atoms with Gasteiger partial charge in [0.2, 0.25) is 0 Å². The number of nitrogens with zero attached hydrogens (tertiary/aromatic N) is 6. The Morgan fingerprint density at radius 3 is 2.44 bits per heavy atom. The van der Waals surface area contributed by atoms with Crippen LogP contribution in [0.1, 0.15) is 50.2 Å². The molecule has 2 aromatic carbocycles. The van der Waals surface area contributed by atoms with Crippen LogP contribution in [0.25, 0.3) is 10.9 Å². The van der Waals surface area contributed by atoms with Crippen molar-refractivity contribution >= 4 is 51.7 Å². The number of ether oxygens (including phenoxy) is 1. The van der Waals surface area contributed by atoms with Gasteiger partial charge in [-0.05, 0) is 70.0 Å². The van der Waals surface area contributed by atoms with E-state index in [1.165, 1.54) is 0 Å². The fourth-order valence-corrected chi connectivity index (χ4v) is 6.87. The Kier molecular flexibility index (Phi) is 10.8. The van der Waals surface area contributed by atoms with Gasteiger partial charge in [-0.25, -0.2) is 14.6 Å². The summed E-state index contributed by atoms with van der Waals surface area (Å²) in [7, 11) is 2.11. The molecule has 2 aliphatic rings. The Bertz CT molecular complexity index is 1910. The van der Waals surface area contributed by atoms with Gasteiger partial charge in [0, 0.05) is 62.6 Å². The number of aromatic nitrogens is 2. The molecule has 52 heavy (non-hydrogen) atoms. The molecule has 3 N–H and O–H groups in total. The predicted octanol–water partition coefficient (Wildman–Crippen LogP) is 6.06. The van der Waals surface area contributed by atoms with E-state index in [1.54, 1.807) is 18.5 Å². The van der Waals surface area contributed by atoms with Crippen LogP contribution >= 0.6 is 0 Å². The van der Waals surface area contributed by atoms with E-state index in [4.69, 9.17) is 9.72 Å². The van der Waals surface area contributed by atoms with Gasteiger partial charge in [-0.3, -0.25) is 14.7 Å². The lowest BCUT2D eigenvalue weighted by Crippen LogP contribution is -2.51. The van der Waals surface area contributed by atoms with E-state index in [1.807, 2.05) is 75.4 Å². The van der Waals surface area contributed by atoms with Gasteiger partial charge in [0.25, 0.3) is 5.91 Å². The van der Waals surface area contributed by atoms with Gasteiger partial charge in [-0.1, -0.05) is 43.3 Å². The number of likely N-dealkylation sites (N-methyl/N-ethyl adjacent to an activating group) is 1. The molecule has 2 saturated heterocycles. The number of fused-ring (bicyclic) bond motifs is 1. The standard InChI is InChI=1S/C39H48N8O5/c1-26-19-29(41-37(49)52-39(2,3)4)25-46(23-26)33-13-14-40-22-32(33)43-36(48)35-34(47(38(50)51)24-27-9-7-6-8-10-27)20-28-11-12-30(21-31(28)42-35)45-17-15-44(5)16-18-45/h6-14,20-22,26,29H,15-19,23-25H2,1-5H3,(H,41,49)(H,43,48)(H,50,51)/t26-,29+/m1/s1. The zero-order valence-corrected chi connectivity index (χ0v) is 30.5. The molecule has 0 radical (unpaired) electrons. The number of carboxylic acid groups (broad SMARTS) is 1. The van der Waals surface area contributed by atoms with Crippen molar-refractivity contribution in [2.24, 2.45) is 5.92 Å². The number of rotatable bonds is 8. The van der Waals surface area contributed by atoms with Crippen molar-refractivity contribution in [1.29, 1.82) is 0 Å². The molecule has 13 heteroatoms. The molecule has 2 aromatic heterocycles. The molecule has 6 rings (SSSR count). The molecule has 0 spiro atoms. The van der Waals surface area contributed by atoms with E-state index in [2.05, 4.69) is 44.3 Å². The third kappa shape index (κ3) is 8.89. The van der Waals surface area contributed by atoms with Crippen LogP contribution < -0.4 is 25.3 Å². The molecule has 4 heterocycles. The number of amides is 3. The van der Waals surface area contributed by atoms with Crippen molar-refractivity contribution in [3.8, 4) is 0 Å². The number of hydrogen-bond acceptors (Lipinski definition) is 9. The van der Waals surface area contributed by atoms with Crippen LogP contribution in [0, 0.1) is 5.92 Å². The molecule has 0 aliphatic carbocycles. The van der Waals surface area contributed by atoms with Crippen molar-refractivity contribution < 1.29 is 24.2 Å². The molecule has 4 aromatic rings. The highest BCUT2D eigenvalue weighted by molar-refractivity contribution is 6.11. The van der Waals surface area contributed by atoms with Crippen LogP contribution in [-0.2, 0) is 11.3 Å². The lowest BCUT2D eigenvalue weighted by Gasteiger charge is -2.39. The van der Waals surface area contributed by atoms with Gasteiger partial charge < -0.3 is 35.2 Å². The van der Waals surface area contributed by atoms with Crippen LogP contribution in [0.15, 0.2) is 73.1 Å². The van der Waals surface area contributed by atoms with E-state index >= 15 is 0 Å². The smallest absolute Gasteiger partial charge is 0.412 e. The quantitative estimate of drug-likeness (QED) is 0.198. The van der Waals surface area contributed by atoms with E-state index in [9.17, 15) is 19.5 Å². The SMILES string of the molecule is C[C@@H]1C[C@H](NC(=O)OC(C)(C)C)CN(c2ccncc2NC(=O)c2nc3cc(N4CCN(C)CC4)ccc3cc2N(Cc2ccccc2)C(=O)O)C1. The van der Waals surface area contributed by atoms with E-state index in [0.29, 0.717) is 24.3 Å². The number of carbonyl (C=O) groups excluding carboxylic acids is 2. The largest absolute Gasteiger partial charge is 0.465 e. The molecule has 2 aliphatic heterocycles. The first-order chi connectivity index (χ1) is 24.8. The summed E-state index contributed by atoms with van der Waals surface area (Å²) in [6, 6.07) is 18.5. The van der Waals surface area contributed by atoms with Gasteiger partial charge >= 0.3 is 12.2 Å². The Labute approximate surface area is 304 Å². The summed E-state index contributed by atoms with van der Waals surface area (Å²) in [6.07, 6.45) is 2.33. The average molecular weight is 709 g/mol. The zero-order valence-electron chi connectivity index (χ0n) is 30.5. The summed E-state index contributed by atoms with van der Waals surface area (Å²) in [4.78, 5) is 56.9. The third-order valence-electron chi connectivity index (χ3n) is 9.34. The van der Waals surface area contributed by atoms with Gasteiger partial charge in [0.1, 0.15) is 5.60 Å². The minimum atomic E-state index is -1.21. The molecule has 274 valence electrons. The maximum atomic E-state index is 14.4. The Morgan fingerprint density at radius 2 is 1.73 bits per heavy atom. The Morgan fingerprint density at radius 1 is 0.981 bits per heavy atom. The molecule has 2 fully saturated rings. The molecular weight excluding hydrogens is 660 g/mol. The lowest BCUT2D eigenvalue weighted by molar-refractivity contribution is 0.0495. The molecule has 2 atom stereocenters. The summed E-state index contributed by atoms with van der Waals surface area (Å²) < 4.78 is 5.51. The van der Waals surface area contributed by atoms with Gasteiger partial charge in [-0.2, -0.15) is 0 Å². The highest BCUT2D eigenvalue weighted by atomic mass is 16.6. The minimum absolute atomic E-state index is 0.0207. The van der Waals surface area contributed by atoms with Crippen molar-refractivity contribution in [3.63, 3.8) is 0 Å². The first kappa shape index (κ1) is 36.4. The van der Waals surface area contributed by atoms with Crippen LogP contribution in [0.2, 0.25) is 0 Å². The number of hydrogen-bond donors (Lipinski definition) is 3. The maximum Gasteiger partial charge on any atom is 0.412 e. The molecule has 0 unspecified atom stereocenters. The number of pyridine rings is 2. The van der Waals surface area contributed by atoms with Gasteiger partial charge in [0.05, 0.1) is 35.3 Å². The monoisotopic (exact) mass is 708 g/mol. The number of alkyl carbamates (subject to hydrolysis) is 1. The normalized spacial score (nSPS) is 18.2. The van der Waals surface area contributed by atoms with E-state index < -0.39 is 23.7 Å². The van der Waals surface area contributed by atoms with Crippen LogP contribution in [0.3, 0.4) is 0 Å². The average Bonchev–Trinajstić information content (AvgIpc) is 3.09. The zero-order chi connectivity index (χ0) is 37.0.